The first-order chi connectivity index (χ1) is 8.35. The number of amides is 1. The fourth-order valence-corrected chi connectivity index (χ4v) is 1.79. The van der Waals surface area contributed by atoms with Gasteiger partial charge in [-0.3, -0.25) is 0 Å². The zero-order valence-corrected chi connectivity index (χ0v) is 11.4. The molecule has 18 heavy (non-hydrogen) atoms. The lowest BCUT2D eigenvalue weighted by molar-refractivity contribution is 0.00780. The van der Waals surface area contributed by atoms with Gasteiger partial charge in [0.2, 0.25) is 0 Å². The van der Waals surface area contributed by atoms with Crippen molar-refractivity contribution in [2.24, 2.45) is 0 Å². The number of hydrogen-bond donors (Lipinski definition) is 0. The zero-order chi connectivity index (χ0) is 13.3. The molecule has 1 amide bonds. The normalized spacial score (nSPS) is 16.3. The van der Waals surface area contributed by atoms with Crippen molar-refractivity contribution in [2.45, 2.75) is 32.3 Å². The average Bonchev–Trinajstić information content (AvgIpc) is 2.15. The van der Waals surface area contributed by atoms with Crippen molar-refractivity contribution in [3.8, 4) is 0 Å². The molecule has 0 bridgehead atoms. The number of carbonyl (C=O) groups excluding carboxylic acids is 1. The topological polar surface area (TPSA) is 55.3 Å². The third-order valence-corrected chi connectivity index (χ3v) is 2.81. The van der Waals surface area contributed by atoms with Gasteiger partial charge in [-0.2, -0.15) is 5.10 Å². The van der Waals surface area contributed by atoms with Crippen LogP contribution in [-0.4, -0.2) is 39.9 Å². The summed E-state index contributed by atoms with van der Waals surface area (Å²) in [7, 11) is 0. The number of rotatable bonds is 1. The number of ether oxygens (including phenoxy) is 1. The van der Waals surface area contributed by atoms with E-state index in [1.165, 1.54) is 0 Å². The van der Waals surface area contributed by atoms with Crippen molar-refractivity contribution >= 4 is 17.7 Å². The summed E-state index contributed by atoms with van der Waals surface area (Å²) < 4.78 is 5.27. The Kier molecular flexibility index (Phi) is 3.43. The van der Waals surface area contributed by atoms with Gasteiger partial charge >= 0.3 is 6.09 Å². The predicted octanol–water partition coefficient (Wildman–Crippen LogP) is 2.46. The summed E-state index contributed by atoms with van der Waals surface area (Å²) in [5.74, 6) is 0.224. The van der Waals surface area contributed by atoms with Crippen LogP contribution in [0.2, 0.25) is 5.15 Å². The van der Waals surface area contributed by atoms with E-state index in [0.29, 0.717) is 18.2 Å². The number of halogens is 1. The first-order valence-corrected chi connectivity index (χ1v) is 6.20. The summed E-state index contributed by atoms with van der Waals surface area (Å²) >= 11 is 5.67. The van der Waals surface area contributed by atoms with Gasteiger partial charge in [-0.1, -0.05) is 11.6 Å². The van der Waals surface area contributed by atoms with Crippen LogP contribution in [0.3, 0.4) is 0 Å². The average molecular weight is 270 g/mol. The minimum absolute atomic E-state index is 0.224. The first-order valence-electron chi connectivity index (χ1n) is 5.82. The fourth-order valence-electron chi connectivity index (χ4n) is 1.69. The van der Waals surface area contributed by atoms with E-state index >= 15 is 0 Å². The predicted molar refractivity (Wildman–Crippen MR) is 67.6 cm³/mol. The van der Waals surface area contributed by atoms with Crippen molar-refractivity contribution in [1.29, 1.82) is 0 Å². The first kappa shape index (κ1) is 13.1. The Morgan fingerprint density at radius 3 is 2.56 bits per heavy atom. The van der Waals surface area contributed by atoms with Crippen molar-refractivity contribution in [2.75, 3.05) is 13.1 Å². The molecule has 1 aromatic heterocycles. The quantitative estimate of drug-likeness (QED) is 0.786. The van der Waals surface area contributed by atoms with Crippen LogP contribution < -0.4 is 0 Å². The lowest BCUT2D eigenvalue weighted by atomic mass is 9.97. The molecule has 0 saturated carbocycles. The fraction of sp³-hybridized carbons (Fsp3) is 0.583. The van der Waals surface area contributed by atoms with E-state index in [4.69, 9.17) is 16.3 Å². The zero-order valence-electron chi connectivity index (χ0n) is 10.7. The summed E-state index contributed by atoms with van der Waals surface area (Å²) in [4.78, 5) is 13.4. The van der Waals surface area contributed by atoms with Gasteiger partial charge in [-0.25, -0.2) is 4.79 Å². The summed E-state index contributed by atoms with van der Waals surface area (Å²) in [6.45, 7) is 6.79. The van der Waals surface area contributed by atoms with Gasteiger partial charge in [-0.15, -0.1) is 5.10 Å². The highest BCUT2D eigenvalue weighted by molar-refractivity contribution is 6.29. The third kappa shape index (κ3) is 3.10. The van der Waals surface area contributed by atoms with Crippen LogP contribution in [0.5, 0.6) is 0 Å². The largest absolute Gasteiger partial charge is 0.444 e. The molecule has 0 atom stereocenters. The Morgan fingerprint density at radius 1 is 1.39 bits per heavy atom. The van der Waals surface area contributed by atoms with E-state index in [1.54, 1.807) is 11.0 Å². The number of carbonyl (C=O) groups is 1. The Bertz CT molecular complexity index is 436. The molecule has 6 heteroatoms. The smallest absolute Gasteiger partial charge is 0.410 e. The van der Waals surface area contributed by atoms with E-state index < -0.39 is 5.60 Å². The molecule has 1 aromatic rings. The van der Waals surface area contributed by atoms with E-state index in [0.717, 1.165) is 5.69 Å². The SMILES string of the molecule is CC(C)(C)OC(=O)N1CC(c2ccc(Cl)nn2)C1. The lowest BCUT2D eigenvalue weighted by Crippen LogP contribution is -2.50. The summed E-state index contributed by atoms with van der Waals surface area (Å²) in [6.07, 6.45) is -0.277. The minimum atomic E-state index is -0.456. The Labute approximate surface area is 111 Å². The summed E-state index contributed by atoms with van der Waals surface area (Å²) in [6, 6.07) is 3.55. The Hall–Kier alpha value is -1.36. The molecule has 2 rings (SSSR count). The van der Waals surface area contributed by atoms with E-state index in [-0.39, 0.29) is 12.0 Å². The Morgan fingerprint density at radius 2 is 2.06 bits per heavy atom. The molecule has 98 valence electrons. The van der Waals surface area contributed by atoms with Crippen molar-refractivity contribution < 1.29 is 9.53 Å². The van der Waals surface area contributed by atoms with E-state index in [9.17, 15) is 4.79 Å². The molecule has 0 aromatic carbocycles. The Balaban J connectivity index is 1.87. The van der Waals surface area contributed by atoms with Crippen molar-refractivity contribution in [1.82, 2.24) is 15.1 Å². The molecular weight excluding hydrogens is 254 g/mol. The molecule has 0 aliphatic carbocycles. The van der Waals surface area contributed by atoms with Crippen LogP contribution in [0.4, 0.5) is 4.79 Å². The molecule has 1 fully saturated rings. The minimum Gasteiger partial charge on any atom is -0.444 e. The summed E-state index contributed by atoms with van der Waals surface area (Å²) in [5, 5.41) is 8.18. The monoisotopic (exact) mass is 269 g/mol. The second-order valence-electron chi connectivity index (χ2n) is 5.36. The maximum absolute atomic E-state index is 11.7. The van der Waals surface area contributed by atoms with Gasteiger partial charge in [0.25, 0.3) is 0 Å². The molecule has 0 radical (unpaired) electrons. The number of hydrogen-bond acceptors (Lipinski definition) is 4. The lowest BCUT2D eigenvalue weighted by Gasteiger charge is -2.39. The van der Waals surface area contributed by atoms with Crippen molar-refractivity contribution in [3.05, 3.63) is 23.0 Å². The number of likely N-dealkylation sites (tertiary alicyclic amines) is 1. The van der Waals surface area contributed by atoms with Gasteiger partial charge in [0.05, 0.1) is 5.69 Å². The molecule has 0 spiro atoms. The second kappa shape index (κ2) is 4.72. The highest BCUT2D eigenvalue weighted by Crippen LogP contribution is 2.27. The van der Waals surface area contributed by atoms with Crippen LogP contribution >= 0.6 is 11.6 Å². The molecule has 2 heterocycles. The van der Waals surface area contributed by atoms with Gasteiger partial charge in [0.15, 0.2) is 5.15 Å². The maximum atomic E-state index is 11.7. The van der Waals surface area contributed by atoms with Gasteiger partial charge < -0.3 is 9.64 Å². The van der Waals surface area contributed by atoms with Crippen LogP contribution in [0.1, 0.15) is 32.4 Å². The van der Waals surface area contributed by atoms with Crippen LogP contribution in [0.25, 0.3) is 0 Å². The molecule has 1 aliphatic heterocycles. The molecule has 0 N–H and O–H groups in total. The number of aromatic nitrogens is 2. The highest BCUT2D eigenvalue weighted by atomic mass is 35.5. The van der Waals surface area contributed by atoms with E-state index in [1.807, 2.05) is 26.8 Å². The second-order valence-corrected chi connectivity index (χ2v) is 5.75. The molecule has 1 saturated heterocycles. The van der Waals surface area contributed by atoms with Crippen LogP contribution in [-0.2, 0) is 4.74 Å². The van der Waals surface area contributed by atoms with Crippen LogP contribution in [0, 0.1) is 0 Å². The molecule has 0 unspecified atom stereocenters. The molecule has 5 nitrogen and oxygen atoms in total. The number of nitrogens with zero attached hydrogens (tertiary/aromatic N) is 3. The third-order valence-electron chi connectivity index (χ3n) is 2.60. The van der Waals surface area contributed by atoms with Crippen molar-refractivity contribution in [3.63, 3.8) is 0 Å². The molecular formula is C12H16ClN3O2. The standard InChI is InChI=1S/C12H16ClN3O2/c1-12(2,3)18-11(17)16-6-8(7-16)9-4-5-10(13)15-14-9/h4-5,8H,6-7H2,1-3H3. The summed E-state index contributed by atoms with van der Waals surface area (Å²) in [5.41, 5.74) is 0.404. The van der Waals surface area contributed by atoms with Gasteiger partial charge in [0.1, 0.15) is 5.60 Å². The maximum Gasteiger partial charge on any atom is 0.410 e. The van der Waals surface area contributed by atoms with Gasteiger partial charge in [-0.05, 0) is 32.9 Å². The molecule has 1 aliphatic rings. The van der Waals surface area contributed by atoms with Crippen LogP contribution in [0.15, 0.2) is 12.1 Å². The highest BCUT2D eigenvalue weighted by Gasteiger charge is 2.35. The van der Waals surface area contributed by atoms with E-state index in [2.05, 4.69) is 10.2 Å². The van der Waals surface area contributed by atoms with Gasteiger partial charge in [0, 0.05) is 19.0 Å².